The van der Waals surface area contributed by atoms with Crippen molar-refractivity contribution in [2.24, 2.45) is 0 Å². The predicted octanol–water partition coefficient (Wildman–Crippen LogP) is 1.14. The van der Waals surface area contributed by atoms with Crippen LogP contribution in [0.15, 0.2) is 11.4 Å². The Morgan fingerprint density at radius 1 is 1.71 bits per heavy atom. The van der Waals surface area contributed by atoms with Crippen molar-refractivity contribution in [3.05, 3.63) is 11.4 Å². The Kier molecular flexibility index (Phi) is 2.60. The highest BCUT2D eigenvalue weighted by Gasteiger charge is 1.88. The first-order valence-electron chi connectivity index (χ1n) is 1.85. The maximum atomic E-state index is 8.59. The summed E-state index contributed by atoms with van der Waals surface area (Å²) in [4.78, 5) is 1.51. The average Bonchev–Trinajstić information content (AvgIpc) is 1.65. The Hall–Kier alpha value is -0.370. The van der Waals surface area contributed by atoms with E-state index >= 15 is 0 Å². The van der Waals surface area contributed by atoms with Crippen molar-refractivity contribution in [3.63, 3.8) is 0 Å². The van der Waals surface area contributed by atoms with Crippen molar-refractivity contribution >= 4 is 11.6 Å². The van der Waals surface area contributed by atoms with Crippen molar-refractivity contribution in [1.82, 2.24) is 4.90 Å². The highest BCUT2D eigenvalue weighted by atomic mass is 35.5. The topological polar surface area (TPSA) is 23.5 Å². The van der Waals surface area contributed by atoms with Crippen LogP contribution >= 0.6 is 11.6 Å². The molecule has 0 unspecified atom stereocenters. The second-order valence-corrected chi connectivity index (χ2v) is 1.58. The second-order valence-electron chi connectivity index (χ2n) is 1.36. The standard InChI is InChI=1S/C4H8ClNO/c1-6(2)4(7)3-5/h3,7H,1-2H3/b4-3-. The van der Waals surface area contributed by atoms with Crippen LogP contribution in [0, 0.1) is 0 Å². The third kappa shape index (κ3) is 2.34. The third-order valence-corrected chi connectivity index (χ3v) is 0.751. The highest BCUT2D eigenvalue weighted by Crippen LogP contribution is 1.92. The van der Waals surface area contributed by atoms with Crippen molar-refractivity contribution in [3.8, 4) is 0 Å². The van der Waals surface area contributed by atoms with Crippen molar-refractivity contribution in [2.75, 3.05) is 14.1 Å². The first kappa shape index (κ1) is 6.63. The number of aliphatic hydroxyl groups excluding tert-OH is 1. The fraction of sp³-hybridized carbons (Fsp3) is 0.500. The molecule has 0 amide bonds. The van der Waals surface area contributed by atoms with Gasteiger partial charge >= 0.3 is 0 Å². The van der Waals surface area contributed by atoms with Crippen LogP contribution in [0.5, 0.6) is 0 Å². The minimum Gasteiger partial charge on any atom is -0.494 e. The van der Waals surface area contributed by atoms with Gasteiger partial charge in [0.05, 0.1) is 5.54 Å². The number of rotatable bonds is 1. The normalized spacial score (nSPS) is 11.6. The zero-order chi connectivity index (χ0) is 5.86. The van der Waals surface area contributed by atoms with Gasteiger partial charge < -0.3 is 10.0 Å². The van der Waals surface area contributed by atoms with Gasteiger partial charge in [0, 0.05) is 14.1 Å². The molecule has 0 fully saturated rings. The Balaban J connectivity index is 3.56. The molecule has 0 heterocycles. The summed E-state index contributed by atoms with van der Waals surface area (Å²) in [6, 6.07) is 0. The molecule has 0 radical (unpaired) electrons. The van der Waals surface area contributed by atoms with Crippen molar-refractivity contribution < 1.29 is 5.11 Å². The summed E-state index contributed by atoms with van der Waals surface area (Å²) < 4.78 is 0. The lowest BCUT2D eigenvalue weighted by Crippen LogP contribution is -2.09. The van der Waals surface area contributed by atoms with E-state index in [0.717, 1.165) is 5.54 Å². The molecule has 2 nitrogen and oxygen atoms in total. The summed E-state index contributed by atoms with van der Waals surface area (Å²) in [5.41, 5.74) is 1.11. The van der Waals surface area contributed by atoms with Crippen molar-refractivity contribution in [1.29, 1.82) is 0 Å². The molecular formula is C4H8ClNO. The summed E-state index contributed by atoms with van der Waals surface area (Å²) in [5.74, 6) is 0.0710. The van der Waals surface area contributed by atoms with Gasteiger partial charge in [-0.25, -0.2) is 0 Å². The van der Waals surface area contributed by atoms with Crippen LogP contribution in [0.2, 0.25) is 0 Å². The second kappa shape index (κ2) is 2.75. The lowest BCUT2D eigenvalue weighted by molar-refractivity contribution is 0.265. The molecule has 0 spiro atoms. The van der Waals surface area contributed by atoms with E-state index < -0.39 is 0 Å². The fourth-order valence-electron chi connectivity index (χ4n) is 0.0976. The summed E-state index contributed by atoms with van der Waals surface area (Å²) in [7, 11) is 3.41. The van der Waals surface area contributed by atoms with Gasteiger partial charge in [-0.15, -0.1) is 0 Å². The van der Waals surface area contributed by atoms with Gasteiger partial charge in [0.1, 0.15) is 0 Å². The quantitative estimate of drug-likeness (QED) is 0.526. The van der Waals surface area contributed by atoms with Gasteiger partial charge in [0.15, 0.2) is 5.88 Å². The first-order chi connectivity index (χ1) is 3.18. The van der Waals surface area contributed by atoms with Crippen LogP contribution in [0.3, 0.4) is 0 Å². The molecule has 0 aliphatic heterocycles. The van der Waals surface area contributed by atoms with Gasteiger partial charge in [-0.05, 0) is 0 Å². The Labute approximate surface area is 48.0 Å². The maximum absolute atomic E-state index is 8.59. The molecule has 0 aromatic rings. The zero-order valence-electron chi connectivity index (χ0n) is 4.35. The number of aliphatic hydroxyl groups is 1. The molecule has 7 heavy (non-hydrogen) atoms. The monoisotopic (exact) mass is 121 g/mol. The molecule has 42 valence electrons. The number of hydrogen-bond acceptors (Lipinski definition) is 2. The molecule has 0 aromatic carbocycles. The van der Waals surface area contributed by atoms with Crippen LogP contribution in [-0.4, -0.2) is 24.1 Å². The highest BCUT2D eigenvalue weighted by molar-refractivity contribution is 6.25. The summed E-state index contributed by atoms with van der Waals surface area (Å²) in [5, 5.41) is 8.59. The van der Waals surface area contributed by atoms with E-state index in [4.69, 9.17) is 16.7 Å². The van der Waals surface area contributed by atoms with E-state index in [-0.39, 0.29) is 5.88 Å². The molecule has 0 bridgehead atoms. The smallest absolute Gasteiger partial charge is 0.197 e. The maximum Gasteiger partial charge on any atom is 0.197 e. The van der Waals surface area contributed by atoms with Crippen molar-refractivity contribution in [2.45, 2.75) is 0 Å². The first-order valence-corrected chi connectivity index (χ1v) is 2.28. The van der Waals surface area contributed by atoms with E-state index in [2.05, 4.69) is 0 Å². The molecule has 0 rings (SSSR count). The Bertz CT molecular complexity index is 79.8. The molecule has 0 aliphatic rings. The van der Waals surface area contributed by atoms with E-state index in [1.807, 2.05) is 0 Å². The molecule has 3 heteroatoms. The average molecular weight is 122 g/mol. The predicted molar refractivity (Wildman–Crippen MR) is 30.3 cm³/mol. The number of halogens is 1. The minimum absolute atomic E-state index is 0.0710. The van der Waals surface area contributed by atoms with Crippen LogP contribution in [0.25, 0.3) is 0 Å². The fourth-order valence-corrected chi connectivity index (χ4v) is 0.293. The van der Waals surface area contributed by atoms with Crippen LogP contribution in [0.4, 0.5) is 0 Å². The van der Waals surface area contributed by atoms with Gasteiger partial charge in [0.2, 0.25) is 0 Å². The van der Waals surface area contributed by atoms with Gasteiger partial charge in [-0.1, -0.05) is 11.6 Å². The summed E-state index contributed by atoms with van der Waals surface area (Å²) in [6.07, 6.45) is 0. The molecule has 0 atom stereocenters. The molecule has 1 N–H and O–H groups in total. The molecular weight excluding hydrogens is 114 g/mol. The van der Waals surface area contributed by atoms with E-state index in [0.29, 0.717) is 0 Å². The zero-order valence-corrected chi connectivity index (χ0v) is 5.11. The van der Waals surface area contributed by atoms with E-state index in [9.17, 15) is 0 Å². The lowest BCUT2D eigenvalue weighted by atomic mass is 10.8. The summed E-state index contributed by atoms with van der Waals surface area (Å²) >= 11 is 5.09. The Morgan fingerprint density at radius 3 is 2.14 bits per heavy atom. The van der Waals surface area contributed by atoms with Crippen LogP contribution in [0.1, 0.15) is 0 Å². The van der Waals surface area contributed by atoms with Crippen LogP contribution in [-0.2, 0) is 0 Å². The van der Waals surface area contributed by atoms with Gasteiger partial charge in [0.25, 0.3) is 0 Å². The number of hydrogen-bond donors (Lipinski definition) is 1. The molecule has 0 aromatic heterocycles. The third-order valence-electron chi connectivity index (χ3n) is 0.556. The largest absolute Gasteiger partial charge is 0.494 e. The summed E-state index contributed by atoms with van der Waals surface area (Å²) in [6.45, 7) is 0. The SMILES string of the molecule is CN(C)/C(O)=C/Cl. The van der Waals surface area contributed by atoms with Gasteiger partial charge in [-0.2, -0.15) is 0 Å². The molecule has 0 saturated carbocycles. The van der Waals surface area contributed by atoms with E-state index in [1.54, 1.807) is 14.1 Å². The van der Waals surface area contributed by atoms with E-state index in [1.165, 1.54) is 4.90 Å². The van der Waals surface area contributed by atoms with Gasteiger partial charge in [-0.3, -0.25) is 0 Å². The minimum atomic E-state index is 0.0710. The molecule has 0 saturated heterocycles. The Morgan fingerprint density at radius 2 is 2.14 bits per heavy atom. The number of nitrogens with zero attached hydrogens (tertiary/aromatic N) is 1. The van der Waals surface area contributed by atoms with Crippen LogP contribution < -0.4 is 0 Å². The molecule has 0 aliphatic carbocycles. The lowest BCUT2D eigenvalue weighted by Gasteiger charge is -2.07.